The first-order chi connectivity index (χ1) is 9.85. The van der Waals surface area contributed by atoms with E-state index in [0.717, 1.165) is 0 Å². The molecule has 0 radical (unpaired) electrons. The molecule has 1 saturated carbocycles. The Morgan fingerprint density at radius 3 is 2.10 bits per heavy atom. The lowest BCUT2D eigenvalue weighted by atomic mass is 9.81. The van der Waals surface area contributed by atoms with Crippen molar-refractivity contribution >= 4 is 17.8 Å². The molecule has 2 N–H and O–H groups in total. The summed E-state index contributed by atoms with van der Waals surface area (Å²) in [5.74, 6) is -1.43. The summed E-state index contributed by atoms with van der Waals surface area (Å²) in [6.45, 7) is 6.17. The van der Waals surface area contributed by atoms with Crippen LogP contribution >= 0.6 is 0 Å². The summed E-state index contributed by atoms with van der Waals surface area (Å²) < 4.78 is 0. The molecule has 0 spiro atoms. The number of carboxylic acid groups (broad SMARTS) is 1. The van der Waals surface area contributed by atoms with E-state index in [-0.39, 0.29) is 36.2 Å². The van der Waals surface area contributed by atoms with Gasteiger partial charge in [-0.1, -0.05) is 0 Å². The summed E-state index contributed by atoms with van der Waals surface area (Å²) in [6, 6.07) is 0.0531. The van der Waals surface area contributed by atoms with Crippen LogP contribution in [0.2, 0.25) is 0 Å². The fourth-order valence-corrected chi connectivity index (χ4v) is 2.73. The number of nitrogens with zero attached hydrogens (tertiary/aromatic N) is 1. The van der Waals surface area contributed by atoms with E-state index in [1.807, 2.05) is 20.8 Å². The number of amides is 2. The highest BCUT2D eigenvalue weighted by Crippen LogP contribution is 2.30. The van der Waals surface area contributed by atoms with Gasteiger partial charge in [0.15, 0.2) is 0 Å². The van der Waals surface area contributed by atoms with Gasteiger partial charge in [-0.25, -0.2) is 0 Å². The standard InChI is InChI=1S/C15H26N2O4/c1-4-17(9-13(18)16-10(2)3)14(19)11-5-7-12(8-6-11)15(20)21/h10-12H,4-9H2,1-3H3,(H,16,18)(H,20,21). The number of likely N-dealkylation sites (N-methyl/N-ethyl adjacent to an activating group) is 1. The van der Waals surface area contributed by atoms with Crippen molar-refractivity contribution in [2.75, 3.05) is 13.1 Å². The maximum Gasteiger partial charge on any atom is 0.306 e. The first-order valence-electron chi connectivity index (χ1n) is 7.66. The molecule has 0 aromatic heterocycles. The van der Waals surface area contributed by atoms with Crippen LogP contribution in [0.15, 0.2) is 0 Å². The van der Waals surface area contributed by atoms with Crippen LogP contribution in [0.5, 0.6) is 0 Å². The number of aliphatic carboxylic acids is 1. The Balaban J connectivity index is 2.52. The van der Waals surface area contributed by atoms with E-state index in [0.29, 0.717) is 32.2 Å². The van der Waals surface area contributed by atoms with Gasteiger partial charge >= 0.3 is 5.97 Å². The molecular formula is C15H26N2O4. The summed E-state index contributed by atoms with van der Waals surface area (Å²) in [4.78, 5) is 36.7. The Labute approximate surface area is 125 Å². The van der Waals surface area contributed by atoms with Gasteiger partial charge in [0.25, 0.3) is 0 Å². The lowest BCUT2D eigenvalue weighted by Crippen LogP contribution is -2.45. The van der Waals surface area contributed by atoms with Crippen LogP contribution in [0, 0.1) is 11.8 Å². The molecule has 0 aliphatic heterocycles. The number of nitrogens with one attached hydrogen (secondary N) is 1. The summed E-state index contributed by atoms with van der Waals surface area (Å²) in [6.07, 6.45) is 2.28. The monoisotopic (exact) mass is 298 g/mol. The molecule has 1 aliphatic rings. The third-order valence-electron chi connectivity index (χ3n) is 3.90. The predicted molar refractivity (Wildman–Crippen MR) is 78.6 cm³/mol. The van der Waals surface area contributed by atoms with Gasteiger partial charge in [-0.15, -0.1) is 0 Å². The van der Waals surface area contributed by atoms with Crippen LogP contribution in [0.1, 0.15) is 46.5 Å². The molecule has 0 aromatic rings. The molecule has 0 unspecified atom stereocenters. The lowest BCUT2D eigenvalue weighted by Gasteiger charge is -2.30. The molecule has 1 fully saturated rings. The smallest absolute Gasteiger partial charge is 0.306 e. The molecule has 0 saturated heterocycles. The minimum Gasteiger partial charge on any atom is -0.481 e. The summed E-state index contributed by atoms with van der Waals surface area (Å²) in [7, 11) is 0. The average Bonchev–Trinajstić information content (AvgIpc) is 2.43. The van der Waals surface area contributed by atoms with Crippen molar-refractivity contribution in [1.29, 1.82) is 0 Å². The van der Waals surface area contributed by atoms with E-state index in [4.69, 9.17) is 5.11 Å². The Morgan fingerprint density at radius 1 is 1.14 bits per heavy atom. The molecule has 6 nitrogen and oxygen atoms in total. The number of hydrogen-bond acceptors (Lipinski definition) is 3. The molecule has 0 atom stereocenters. The molecule has 2 amide bonds. The number of carbonyl (C=O) groups is 3. The van der Waals surface area contributed by atoms with E-state index in [2.05, 4.69) is 5.32 Å². The topological polar surface area (TPSA) is 86.7 Å². The predicted octanol–water partition coefficient (Wildman–Crippen LogP) is 1.25. The molecule has 0 bridgehead atoms. The normalized spacial score (nSPS) is 21.9. The van der Waals surface area contributed by atoms with Crippen LogP contribution in [-0.4, -0.2) is 46.9 Å². The Bertz CT molecular complexity index is 387. The van der Waals surface area contributed by atoms with Crippen molar-refractivity contribution < 1.29 is 19.5 Å². The van der Waals surface area contributed by atoms with Crippen molar-refractivity contribution in [1.82, 2.24) is 10.2 Å². The molecule has 1 rings (SSSR count). The number of hydrogen-bond donors (Lipinski definition) is 2. The van der Waals surface area contributed by atoms with Gasteiger partial charge < -0.3 is 15.3 Å². The molecule has 21 heavy (non-hydrogen) atoms. The fourth-order valence-electron chi connectivity index (χ4n) is 2.73. The fraction of sp³-hybridized carbons (Fsp3) is 0.800. The maximum atomic E-state index is 12.4. The Hall–Kier alpha value is -1.59. The van der Waals surface area contributed by atoms with Gasteiger partial charge in [0.2, 0.25) is 11.8 Å². The van der Waals surface area contributed by atoms with Crippen LogP contribution < -0.4 is 5.32 Å². The Kier molecular flexibility index (Phi) is 6.65. The zero-order valence-corrected chi connectivity index (χ0v) is 13.1. The summed E-state index contributed by atoms with van der Waals surface area (Å²) in [5, 5.41) is 11.7. The molecule has 6 heteroatoms. The van der Waals surface area contributed by atoms with Gasteiger partial charge in [0, 0.05) is 18.5 Å². The van der Waals surface area contributed by atoms with Crippen LogP contribution in [-0.2, 0) is 14.4 Å². The molecule has 120 valence electrons. The number of rotatable bonds is 6. The van der Waals surface area contributed by atoms with E-state index in [9.17, 15) is 14.4 Å². The highest BCUT2D eigenvalue weighted by molar-refractivity contribution is 5.86. The van der Waals surface area contributed by atoms with Crippen LogP contribution in [0.4, 0.5) is 0 Å². The maximum absolute atomic E-state index is 12.4. The van der Waals surface area contributed by atoms with E-state index < -0.39 is 5.97 Å². The number of carbonyl (C=O) groups excluding carboxylic acids is 2. The van der Waals surface area contributed by atoms with Gasteiger partial charge in [-0.3, -0.25) is 14.4 Å². The lowest BCUT2D eigenvalue weighted by molar-refractivity contribution is -0.146. The Morgan fingerprint density at radius 2 is 1.67 bits per heavy atom. The highest BCUT2D eigenvalue weighted by Gasteiger charge is 2.32. The third-order valence-corrected chi connectivity index (χ3v) is 3.90. The van der Waals surface area contributed by atoms with Crippen molar-refractivity contribution in [3.05, 3.63) is 0 Å². The first kappa shape index (κ1) is 17.5. The second-order valence-electron chi connectivity index (χ2n) is 5.96. The second kappa shape index (κ2) is 8.00. The molecule has 0 aromatic carbocycles. The van der Waals surface area contributed by atoms with E-state index in [1.165, 1.54) is 0 Å². The van der Waals surface area contributed by atoms with Crippen molar-refractivity contribution in [3.8, 4) is 0 Å². The van der Waals surface area contributed by atoms with Gasteiger partial charge in [0.05, 0.1) is 12.5 Å². The van der Waals surface area contributed by atoms with Crippen LogP contribution in [0.3, 0.4) is 0 Å². The van der Waals surface area contributed by atoms with Crippen LogP contribution in [0.25, 0.3) is 0 Å². The highest BCUT2D eigenvalue weighted by atomic mass is 16.4. The first-order valence-corrected chi connectivity index (χ1v) is 7.66. The third kappa shape index (κ3) is 5.36. The van der Waals surface area contributed by atoms with Gasteiger partial charge in [-0.2, -0.15) is 0 Å². The van der Waals surface area contributed by atoms with Gasteiger partial charge in [-0.05, 0) is 46.5 Å². The van der Waals surface area contributed by atoms with Gasteiger partial charge in [0.1, 0.15) is 0 Å². The zero-order chi connectivity index (χ0) is 16.0. The van der Waals surface area contributed by atoms with Crippen molar-refractivity contribution in [2.24, 2.45) is 11.8 Å². The van der Waals surface area contributed by atoms with E-state index in [1.54, 1.807) is 4.90 Å². The second-order valence-corrected chi connectivity index (χ2v) is 5.96. The minimum atomic E-state index is -0.774. The van der Waals surface area contributed by atoms with E-state index >= 15 is 0 Å². The molecule has 0 heterocycles. The van der Waals surface area contributed by atoms with Crippen molar-refractivity contribution in [2.45, 2.75) is 52.5 Å². The zero-order valence-electron chi connectivity index (χ0n) is 13.1. The quantitative estimate of drug-likeness (QED) is 0.772. The SMILES string of the molecule is CCN(CC(=O)NC(C)C)C(=O)C1CCC(C(=O)O)CC1. The summed E-state index contributed by atoms with van der Waals surface area (Å²) >= 11 is 0. The summed E-state index contributed by atoms with van der Waals surface area (Å²) in [5.41, 5.74) is 0. The van der Waals surface area contributed by atoms with Crippen molar-refractivity contribution in [3.63, 3.8) is 0 Å². The minimum absolute atomic E-state index is 0.0276. The largest absolute Gasteiger partial charge is 0.481 e. The molecule has 1 aliphatic carbocycles. The molecular weight excluding hydrogens is 272 g/mol. The average molecular weight is 298 g/mol. The number of carboxylic acids is 1.